The second kappa shape index (κ2) is 8.88. The topological polar surface area (TPSA) is 28.4 Å². The van der Waals surface area contributed by atoms with Crippen LogP contribution in [0.5, 0.6) is 0 Å². The van der Waals surface area contributed by atoms with Crippen LogP contribution in [0, 0.1) is 0 Å². The third kappa shape index (κ3) is 5.10. The summed E-state index contributed by atoms with van der Waals surface area (Å²) >= 11 is 11.4. The fraction of sp³-hybridized carbons (Fsp3) is 0.190. The van der Waals surface area contributed by atoms with E-state index >= 15 is 0 Å². The van der Waals surface area contributed by atoms with E-state index in [1.54, 1.807) is 0 Å². The highest BCUT2D eigenvalue weighted by molar-refractivity contribution is 7.80. The van der Waals surface area contributed by atoms with Gasteiger partial charge in [-0.15, -0.1) is 0 Å². The average Bonchev–Trinajstić information content (AvgIpc) is 3.11. The van der Waals surface area contributed by atoms with Crippen molar-refractivity contribution < 1.29 is 4.42 Å². The van der Waals surface area contributed by atoms with Gasteiger partial charge in [-0.3, -0.25) is 0 Å². The predicted octanol–water partition coefficient (Wildman–Crippen LogP) is 5.15. The smallest absolute Gasteiger partial charge is 0.169 e. The van der Waals surface area contributed by atoms with Gasteiger partial charge in [0, 0.05) is 24.2 Å². The predicted molar refractivity (Wildman–Crippen MR) is 111 cm³/mol. The van der Waals surface area contributed by atoms with Crippen molar-refractivity contribution in [1.29, 1.82) is 0 Å². The van der Waals surface area contributed by atoms with E-state index < -0.39 is 0 Å². The molecule has 1 N–H and O–H groups in total. The number of halogens is 1. The third-order valence-corrected chi connectivity index (χ3v) is 4.77. The molecule has 3 nitrogen and oxygen atoms in total. The Balaban J connectivity index is 1.50. The van der Waals surface area contributed by atoms with Crippen molar-refractivity contribution in [2.24, 2.45) is 0 Å². The van der Waals surface area contributed by atoms with Gasteiger partial charge in [0.1, 0.15) is 11.5 Å². The van der Waals surface area contributed by atoms with E-state index in [4.69, 9.17) is 28.2 Å². The Labute approximate surface area is 164 Å². The molecule has 0 radical (unpaired) electrons. The van der Waals surface area contributed by atoms with Crippen molar-refractivity contribution in [2.75, 3.05) is 13.6 Å². The molecule has 0 aliphatic carbocycles. The van der Waals surface area contributed by atoms with Gasteiger partial charge in [0.15, 0.2) is 5.11 Å². The standard InChI is InChI=1S/C21H21ClN2OS/c1-24(21(26)23-14-13-16-5-3-2-4-6-16)15-19-11-12-20(25-19)17-7-9-18(22)10-8-17/h2-12H,13-15H2,1H3,(H,23,26). The van der Waals surface area contributed by atoms with E-state index in [-0.39, 0.29) is 0 Å². The summed E-state index contributed by atoms with van der Waals surface area (Å²) in [6.45, 7) is 1.42. The lowest BCUT2D eigenvalue weighted by molar-refractivity contribution is 0.411. The van der Waals surface area contributed by atoms with Crippen LogP contribution in [0.1, 0.15) is 11.3 Å². The Kier molecular flexibility index (Phi) is 6.31. The van der Waals surface area contributed by atoms with E-state index in [2.05, 4.69) is 29.6 Å². The molecule has 3 aromatic rings. The first-order chi connectivity index (χ1) is 12.6. The molecule has 1 heterocycles. The minimum Gasteiger partial charge on any atom is -0.459 e. The van der Waals surface area contributed by atoms with Crippen molar-refractivity contribution in [3.05, 3.63) is 83.1 Å². The number of nitrogens with one attached hydrogen (secondary N) is 1. The highest BCUT2D eigenvalue weighted by Crippen LogP contribution is 2.24. The molecule has 3 rings (SSSR count). The largest absolute Gasteiger partial charge is 0.459 e. The fourth-order valence-corrected chi connectivity index (χ4v) is 2.92. The zero-order valence-electron chi connectivity index (χ0n) is 14.6. The quantitative estimate of drug-likeness (QED) is 0.595. The minimum atomic E-state index is 0.616. The molecular weight excluding hydrogens is 364 g/mol. The molecule has 0 saturated carbocycles. The Bertz CT molecular complexity index is 846. The fourth-order valence-electron chi connectivity index (χ4n) is 2.63. The van der Waals surface area contributed by atoms with Crippen molar-refractivity contribution in [3.63, 3.8) is 0 Å². The molecule has 0 spiro atoms. The van der Waals surface area contributed by atoms with Gasteiger partial charge in [0.2, 0.25) is 0 Å². The Morgan fingerprint density at radius 2 is 1.77 bits per heavy atom. The first-order valence-corrected chi connectivity index (χ1v) is 9.28. The molecule has 0 fully saturated rings. The molecule has 134 valence electrons. The Hall–Kier alpha value is -2.30. The zero-order valence-corrected chi connectivity index (χ0v) is 16.2. The van der Waals surface area contributed by atoms with Gasteiger partial charge in [-0.25, -0.2) is 0 Å². The van der Waals surface area contributed by atoms with Crippen LogP contribution in [0.25, 0.3) is 11.3 Å². The number of hydrogen-bond donors (Lipinski definition) is 1. The molecule has 0 atom stereocenters. The summed E-state index contributed by atoms with van der Waals surface area (Å²) in [5.41, 5.74) is 2.30. The van der Waals surface area contributed by atoms with Crippen molar-refractivity contribution in [3.8, 4) is 11.3 Å². The van der Waals surface area contributed by atoms with E-state index in [0.717, 1.165) is 30.0 Å². The third-order valence-electron chi connectivity index (χ3n) is 4.06. The Morgan fingerprint density at radius 3 is 2.50 bits per heavy atom. The molecule has 26 heavy (non-hydrogen) atoms. The van der Waals surface area contributed by atoms with E-state index in [1.807, 2.05) is 54.4 Å². The summed E-state index contributed by atoms with van der Waals surface area (Å²) in [4.78, 5) is 1.98. The van der Waals surface area contributed by atoms with Crippen molar-refractivity contribution >= 4 is 28.9 Å². The van der Waals surface area contributed by atoms with Crippen LogP contribution < -0.4 is 5.32 Å². The molecule has 0 bridgehead atoms. The number of nitrogens with zero attached hydrogens (tertiary/aromatic N) is 1. The van der Waals surface area contributed by atoms with Crippen molar-refractivity contribution in [1.82, 2.24) is 10.2 Å². The minimum absolute atomic E-state index is 0.616. The molecule has 0 aliphatic rings. The average molecular weight is 385 g/mol. The number of hydrogen-bond acceptors (Lipinski definition) is 2. The van der Waals surface area contributed by atoms with Gasteiger partial charge in [-0.2, -0.15) is 0 Å². The van der Waals surface area contributed by atoms with E-state index in [1.165, 1.54) is 5.56 Å². The maximum Gasteiger partial charge on any atom is 0.169 e. The molecule has 0 saturated heterocycles. The molecular formula is C21H21ClN2OS. The van der Waals surface area contributed by atoms with Gasteiger partial charge in [0.05, 0.1) is 6.54 Å². The summed E-state index contributed by atoms with van der Waals surface area (Å²) in [5.74, 6) is 1.69. The first-order valence-electron chi connectivity index (χ1n) is 8.49. The maximum atomic E-state index is 5.93. The van der Waals surface area contributed by atoms with Crippen LogP contribution in [0.4, 0.5) is 0 Å². The van der Waals surface area contributed by atoms with E-state index in [0.29, 0.717) is 16.7 Å². The van der Waals surface area contributed by atoms with Crippen molar-refractivity contribution in [2.45, 2.75) is 13.0 Å². The van der Waals surface area contributed by atoms with Crippen LogP contribution in [-0.4, -0.2) is 23.6 Å². The number of thiocarbonyl (C=S) groups is 1. The van der Waals surface area contributed by atoms with Crippen LogP contribution in [-0.2, 0) is 13.0 Å². The van der Waals surface area contributed by atoms with Gasteiger partial charge >= 0.3 is 0 Å². The summed E-state index contributed by atoms with van der Waals surface area (Å²) in [7, 11) is 1.96. The molecule has 1 aromatic heterocycles. The molecule has 0 aliphatic heterocycles. The lowest BCUT2D eigenvalue weighted by Crippen LogP contribution is -2.37. The number of rotatable bonds is 6. The summed E-state index contributed by atoms with van der Waals surface area (Å²) in [6, 6.07) is 21.9. The highest BCUT2D eigenvalue weighted by Gasteiger charge is 2.09. The lowest BCUT2D eigenvalue weighted by atomic mass is 10.1. The Morgan fingerprint density at radius 1 is 1.04 bits per heavy atom. The summed E-state index contributed by atoms with van der Waals surface area (Å²) < 4.78 is 5.93. The molecule has 2 aromatic carbocycles. The van der Waals surface area contributed by atoms with Crippen LogP contribution in [0.3, 0.4) is 0 Å². The SMILES string of the molecule is CN(Cc1ccc(-c2ccc(Cl)cc2)o1)C(=S)NCCc1ccccc1. The normalized spacial score (nSPS) is 10.5. The first kappa shape index (κ1) is 18.5. The molecule has 5 heteroatoms. The second-order valence-corrected chi connectivity index (χ2v) is 6.92. The van der Waals surface area contributed by atoms with Gasteiger partial charge in [-0.05, 0) is 60.6 Å². The number of benzene rings is 2. The van der Waals surface area contributed by atoms with Gasteiger partial charge < -0.3 is 14.6 Å². The van der Waals surface area contributed by atoms with Crippen LogP contribution in [0.2, 0.25) is 5.02 Å². The molecule has 0 amide bonds. The van der Waals surface area contributed by atoms with Crippen LogP contribution >= 0.6 is 23.8 Å². The summed E-state index contributed by atoms with van der Waals surface area (Å²) in [6.07, 6.45) is 0.941. The lowest BCUT2D eigenvalue weighted by Gasteiger charge is -2.20. The zero-order chi connectivity index (χ0) is 18.4. The second-order valence-electron chi connectivity index (χ2n) is 6.10. The summed E-state index contributed by atoms with van der Waals surface area (Å²) in [5, 5.41) is 4.73. The van der Waals surface area contributed by atoms with E-state index in [9.17, 15) is 0 Å². The monoisotopic (exact) mass is 384 g/mol. The highest BCUT2D eigenvalue weighted by atomic mass is 35.5. The van der Waals surface area contributed by atoms with Crippen LogP contribution in [0.15, 0.2) is 71.1 Å². The maximum absolute atomic E-state index is 5.93. The van der Waals surface area contributed by atoms with Gasteiger partial charge in [-0.1, -0.05) is 41.9 Å². The molecule has 0 unspecified atom stereocenters. The van der Waals surface area contributed by atoms with Gasteiger partial charge in [0.25, 0.3) is 0 Å². The number of furan rings is 1.